The summed E-state index contributed by atoms with van der Waals surface area (Å²) < 4.78 is 24.7. The molecule has 0 saturated carbocycles. The number of nitriles is 1. The fourth-order valence-corrected chi connectivity index (χ4v) is 4.31. The van der Waals surface area contributed by atoms with Gasteiger partial charge in [-0.05, 0) is 50.7 Å². The van der Waals surface area contributed by atoms with Crippen LogP contribution in [0.5, 0.6) is 0 Å². The summed E-state index contributed by atoms with van der Waals surface area (Å²) in [5.41, 5.74) is 2.57. The maximum Gasteiger partial charge on any atom is 0.257 e. The van der Waals surface area contributed by atoms with Crippen LogP contribution in [0.15, 0.2) is 11.6 Å². The number of amides is 1. The Morgan fingerprint density at radius 2 is 2.00 bits per heavy atom. The molecule has 2 rings (SSSR count). The van der Waals surface area contributed by atoms with E-state index in [9.17, 15) is 18.5 Å². The van der Waals surface area contributed by atoms with Gasteiger partial charge >= 0.3 is 0 Å². The van der Waals surface area contributed by atoms with Gasteiger partial charge in [-0.2, -0.15) is 17.9 Å². The second-order valence-electron chi connectivity index (χ2n) is 8.48. The monoisotopic (exact) mass is 479 g/mol. The van der Waals surface area contributed by atoms with E-state index in [-0.39, 0.29) is 24.4 Å². The molecule has 1 aliphatic heterocycles. The minimum Gasteiger partial charge on any atom is -0.370 e. The van der Waals surface area contributed by atoms with Crippen molar-refractivity contribution in [2.24, 2.45) is 5.41 Å². The first kappa shape index (κ1) is 26.2. The third-order valence-electron chi connectivity index (χ3n) is 6.16. The molecule has 1 fully saturated rings. The van der Waals surface area contributed by atoms with Gasteiger partial charge in [0, 0.05) is 46.0 Å². The van der Waals surface area contributed by atoms with Gasteiger partial charge in [-0.1, -0.05) is 0 Å². The number of anilines is 1. The van der Waals surface area contributed by atoms with Gasteiger partial charge in [0.25, 0.3) is 5.91 Å². The zero-order valence-corrected chi connectivity index (χ0v) is 21.2. The second-order valence-corrected chi connectivity index (χ2v) is 10.9. The van der Waals surface area contributed by atoms with Crippen LogP contribution in [0.2, 0.25) is 0 Å². The molecule has 0 radical (unpaired) electrons. The summed E-state index contributed by atoms with van der Waals surface area (Å²) >= 11 is 4.16. The van der Waals surface area contributed by atoms with Gasteiger partial charge in [-0.15, -0.1) is 0 Å². The molecule has 0 atom stereocenters. The van der Waals surface area contributed by atoms with Crippen molar-refractivity contribution >= 4 is 40.3 Å². The molecule has 0 aliphatic carbocycles. The second kappa shape index (κ2) is 10.7. The lowest BCUT2D eigenvalue weighted by atomic mass is 9.81. The SMILES string of the molecule is CCN(CCN(C)S(C)(=O)=O)C(=O)c1cnc(/C=C\S)c(C)c1N1CCC(C)(C#N)CC1. The number of hydrogen-bond acceptors (Lipinski definition) is 7. The van der Waals surface area contributed by atoms with Gasteiger partial charge in [0.05, 0.1) is 34.7 Å². The maximum absolute atomic E-state index is 13.5. The fraction of sp³-hybridized carbons (Fsp3) is 0.591. The lowest BCUT2D eigenvalue weighted by molar-refractivity contribution is 0.0759. The van der Waals surface area contributed by atoms with Crippen LogP contribution in [0, 0.1) is 23.7 Å². The van der Waals surface area contributed by atoms with Gasteiger partial charge in [0.2, 0.25) is 10.0 Å². The van der Waals surface area contributed by atoms with E-state index >= 15 is 0 Å². The summed E-state index contributed by atoms with van der Waals surface area (Å²) in [6, 6.07) is 2.41. The van der Waals surface area contributed by atoms with Crippen LogP contribution in [-0.4, -0.2) is 74.5 Å². The molecule has 0 aromatic carbocycles. The molecule has 1 amide bonds. The Bertz CT molecular complexity index is 1010. The Hall–Kier alpha value is -2.09. The standard InChI is InChI=1S/C22H33N5O3S2/c1-6-26(13-12-25(4)32(5,29)30)21(28)18-15-24-19(7-14-31)17(2)20(18)27-10-8-22(3,16-23)9-11-27/h7,14-15,31H,6,8-13H2,1-5H3/b14-7-. The van der Waals surface area contributed by atoms with E-state index in [4.69, 9.17) is 0 Å². The van der Waals surface area contributed by atoms with Gasteiger partial charge in [0.15, 0.2) is 0 Å². The summed E-state index contributed by atoms with van der Waals surface area (Å²) in [6.45, 7) is 8.06. The van der Waals surface area contributed by atoms with Crippen molar-refractivity contribution in [2.75, 3.05) is 50.9 Å². The topological polar surface area (TPSA) is 97.6 Å². The molecular weight excluding hydrogens is 446 g/mol. The number of thiol groups is 1. The highest BCUT2D eigenvalue weighted by atomic mass is 32.2. The predicted octanol–water partition coefficient (Wildman–Crippen LogP) is 2.77. The predicted molar refractivity (Wildman–Crippen MR) is 131 cm³/mol. The zero-order valence-electron chi connectivity index (χ0n) is 19.5. The molecule has 0 spiro atoms. The summed E-state index contributed by atoms with van der Waals surface area (Å²) in [7, 11) is -1.82. The van der Waals surface area contributed by atoms with Crippen LogP contribution in [-0.2, 0) is 10.0 Å². The van der Waals surface area contributed by atoms with E-state index < -0.39 is 10.0 Å². The lowest BCUT2D eigenvalue weighted by Crippen LogP contribution is -2.42. The molecule has 1 saturated heterocycles. The molecule has 0 N–H and O–H groups in total. The number of likely N-dealkylation sites (N-methyl/N-ethyl adjacent to an activating group) is 2. The normalized spacial score (nSPS) is 16.4. The van der Waals surface area contributed by atoms with Crippen molar-refractivity contribution in [2.45, 2.75) is 33.6 Å². The number of aromatic nitrogens is 1. The van der Waals surface area contributed by atoms with E-state index in [0.29, 0.717) is 38.0 Å². The number of carbonyl (C=O) groups excluding carboxylic acids is 1. The first-order valence-corrected chi connectivity index (χ1v) is 13.0. The van der Waals surface area contributed by atoms with Gasteiger partial charge < -0.3 is 9.80 Å². The van der Waals surface area contributed by atoms with Crippen molar-refractivity contribution < 1.29 is 13.2 Å². The van der Waals surface area contributed by atoms with Crippen LogP contribution < -0.4 is 4.90 Å². The number of hydrogen-bond donors (Lipinski definition) is 1. The van der Waals surface area contributed by atoms with Crippen molar-refractivity contribution in [3.05, 3.63) is 28.4 Å². The van der Waals surface area contributed by atoms with E-state index in [1.54, 1.807) is 22.6 Å². The largest absolute Gasteiger partial charge is 0.370 e. The highest BCUT2D eigenvalue weighted by molar-refractivity contribution is 7.88. The van der Waals surface area contributed by atoms with Gasteiger partial charge in [-0.25, -0.2) is 12.7 Å². The molecular formula is C22H33N5O3S2. The third kappa shape index (κ3) is 6.03. The van der Waals surface area contributed by atoms with Crippen molar-refractivity contribution in [3.63, 3.8) is 0 Å². The highest BCUT2D eigenvalue weighted by Gasteiger charge is 2.33. The molecule has 1 aliphatic rings. The third-order valence-corrected chi connectivity index (χ3v) is 7.63. The zero-order chi connectivity index (χ0) is 24.1. The first-order valence-electron chi connectivity index (χ1n) is 10.6. The Kier molecular flexibility index (Phi) is 8.74. The average Bonchev–Trinajstić information content (AvgIpc) is 2.75. The Balaban J connectivity index is 2.40. The van der Waals surface area contributed by atoms with Crippen LogP contribution in [0.25, 0.3) is 6.08 Å². The quantitative estimate of drug-likeness (QED) is 0.576. The molecule has 0 bridgehead atoms. The molecule has 8 nitrogen and oxygen atoms in total. The van der Waals surface area contributed by atoms with E-state index in [0.717, 1.165) is 23.2 Å². The number of carbonyl (C=O) groups is 1. The number of piperidine rings is 1. The first-order chi connectivity index (χ1) is 15.0. The van der Waals surface area contributed by atoms with Gasteiger partial charge in [0.1, 0.15) is 0 Å². The number of sulfonamides is 1. The smallest absolute Gasteiger partial charge is 0.257 e. The van der Waals surface area contributed by atoms with E-state index in [1.165, 1.54) is 11.4 Å². The highest BCUT2D eigenvalue weighted by Crippen LogP contribution is 2.36. The maximum atomic E-state index is 13.5. The fourth-order valence-electron chi connectivity index (χ4n) is 3.75. The molecule has 10 heteroatoms. The molecule has 2 heterocycles. The minimum absolute atomic E-state index is 0.185. The average molecular weight is 480 g/mol. The number of rotatable bonds is 8. The van der Waals surface area contributed by atoms with Crippen LogP contribution in [0.1, 0.15) is 48.3 Å². The number of pyridine rings is 1. The summed E-state index contributed by atoms with van der Waals surface area (Å²) in [5.74, 6) is -0.185. The van der Waals surface area contributed by atoms with Gasteiger partial charge in [-0.3, -0.25) is 9.78 Å². The summed E-state index contributed by atoms with van der Waals surface area (Å²) in [5, 5.41) is 11.1. The molecule has 0 unspecified atom stereocenters. The molecule has 32 heavy (non-hydrogen) atoms. The minimum atomic E-state index is -3.32. The van der Waals surface area contributed by atoms with Crippen LogP contribution in [0.3, 0.4) is 0 Å². The summed E-state index contributed by atoms with van der Waals surface area (Å²) in [6.07, 6.45) is 5.96. The Morgan fingerprint density at radius 1 is 1.38 bits per heavy atom. The Labute approximate surface area is 197 Å². The Morgan fingerprint density at radius 3 is 2.50 bits per heavy atom. The van der Waals surface area contributed by atoms with Crippen LogP contribution >= 0.6 is 12.6 Å². The van der Waals surface area contributed by atoms with E-state index in [1.807, 2.05) is 20.8 Å². The number of nitrogens with zero attached hydrogens (tertiary/aromatic N) is 5. The molecule has 176 valence electrons. The lowest BCUT2D eigenvalue weighted by Gasteiger charge is -2.38. The summed E-state index contributed by atoms with van der Waals surface area (Å²) in [4.78, 5) is 21.8. The molecule has 1 aromatic rings. The van der Waals surface area contributed by atoms with Crippen molar-refractivity contribution in [1.29, 1.82) is 5.26 Å². The van der Waals surface area contributed by atoms with Crippen molar-refractivity contribution in [3.8, 4) is 6.07 Å². The van der Waals surface area contributed by atoms with E-state index in [2.05, 4.69) is 28.6 Å². The van der Waals surface area contributed by atoms with Crippen LogP contribution in [0.4, 0.5) is 5.69 Å². The van der Waals surface area contributed by atoms with Crippen molar-refractivity contribution in [1.82, 2.24) is 14.2 Å². The molecule has 1 aromatic heterocycles.